The minimum atomic E-state index is -0.167. The van der Waals surface area contributed by atoms with E-state index in [0.29, 0.717) is 6.61 Å². The van der Waals surface area contributed by atoms with Crippen LogP contribution in [0.15, 0.2) is 12.1 Å². The van der Waals surface area contributed by atoms with Crippen LogP contribution >= 0.6 is 9.03 Å². The maximum Gasteiger partial charge on any atom is 0.155 e. The Labute approximate surface area is 130 Å². The summed E-state index contributed by atoms with van der Waals surface area (Å²) in [4.78, 5) is 0. The van der Waals surface area contributed by atoms with E-state index in [1.165, 1.54) is 0 Å². The smallest absolute Gasteiger partial charge is 0.155 e. The molecule has 0 radical (unpaired) electrons. The average molecular weight is 316 g/mol. The largest absolute Gasteiger partial charge is 0.394 e. The van der Waals surface area contributed by atoms with E-state index in [2.05, 4.69) is 12.1 Å². The predicted octanol–water partition coefficient (Wildman–Crippen LogP) is 3.63. The van der Waals surface area contributed by atoms with Gasteiger partial charge in [-0.25, -0.2) is 0 Å². The van der Waals surface area contributed by atoms with Crippen molar-refractivity contribution in [3.8, 4) is 0 Å². The lowest BCUT2D eigenvalue weighted by atomic mass is 10.0. The third kappa shape index (κ3) is 9.94. The lowest BCUT2D eigenvalue weighted by Gasteiger charge is -2.11. The highest BCUT2D eigenvalue weighted by Crippen LogP contribution is 2.22. The molecule has 1 aromatic carbocycles. The Morgan fingerprint density at radius 1 is 1.10 bits per heavy atom. The van der Waals surface area contributed by atoms with Gasteiger partial charge in [-0.2, -0.15) is 0 Å². The van der Waals surface area contributed by atoms with Gasteiger partial charge in [-0.3, -0.25) is 0 Å². The molecule has 21 heavy (non-hydrogen) atoms. The number of aliphatic hydroxyl groups excluding tert-OH is 2. The number of rotatable bonds is 6. The van der Waals surface area contributed by atoms with Gasteiger partial charge in [0.1, 0.15) is 0 Å². The number of aliphatic hydroxyl groups is 2. The number of hydrogen-bond acceptors (Lipinski definition) is 4. The van der Waals surface area contributed by atoms with E-state index in [1.54, 1.807) is 13.8 Å². The summed E-state index contributed by atoms with van der Waals surface area (Å²) < 4.78 is 10.8. The molecular weight excluding hydrogens is 287 g/mol. The summed E-state index contributed by atoms with van der Waals surface area (Å²) in [7, 11) is 0.0798. The van der Waals surface area contributed by atoms with Crippen LogP contribution in [0.4, 0.5) is 0 Å². The topological polar surface area (TPSA) is 58.9 Å². The van der Waals surface area contributed by atoms with E-state index in [0.717, 1.165) is 22.3 Å². The first kappa shape index (κ1) is 20.5. The van der Waals surface area contributed by atoms with Gasteiger partial charge in [0, 0.05) is 6.10 Å². The number of hydrogen-bond donors (Lipinski definition) is 2. The number of benzene rings is 1. The number of aryl methyl sites for hydroxylation is 2. The van der Waals surface area contributed by atoms with Crippen LogP contribution in [0, 0.1) is 13.8 Å². The summed E-state index contributed by atoms with van der Waals surface area (Å²) in [6.45, 7) is 12.1. The van der Waals surface area contributed by atoms with Gasteiger partial charge >= 0.3 is 0 Å². The molecule has 0 saturated carbocycles. The molecule has 1 rings (SSSR count). The molecule has 0 spiro atoms. The van der Waals surface area contributed by atoms with Gasteiger partial charge < -0.3 is 19.3 Å². The molecule has 0 aromatic heterocycles. The van der Waals surface area contributed by atoms with Gasteiger partial charge in [0.25, 0.3) is 0 Å². The Hall–Kier alpha value is -0.510. The van der Waals surface area contributed by atoms with Crippen molar-refractivity contribution in [2.45, 2.75) is 67.0 Å². The normalized spacial score (nSPS) is 11.3. The van der Waals surface area contributed by atoms with Gasteiger partial charge in [0.05, 0.1) is 19.3 Å². The summed E-state index contributed by atoms with van der Waals surface area (Å²) in [5, 5.41) is 17.3. The van der Waals surface area contributed by atoms with Crippen LogP contribution in [0.25, 0.3) is 0 Å². The molecule has 0 heterocycles. The van der Waals surface area contributed by atoms with Crippen molar-refractivity contribution in [3.05, 3.63) is 34.4 Å². The van der Waals surface area contributed by atoms with E-state index >= 15 is 0 Å². The first-order valence-electron chi connectivity index (χ1n) is 7.18. The fraction of sp³-hybridized carbons (Fsp3) is 0.625. The van der Waals surface area contributed by atoms with Crippen LogP contribution in [0.3, 0.4) is 0 Å². The van der Waals surface area contributed by atoms with Crippen molar-refractivity contribution in [2.24, 2.45) is 0 Å². The highest BCUT2D eigenvalue weighted by molar-refractivity contribution is 7.26. The lowest BCUT2D eigenvalue weighted by molar-refractivity contribution is 0.215. The Morgan fingerprint density at radius 2 is 1.57 bits per heavy atom. The maximum atomic E-state index is 9.22. The van der Waals surface area contributed by atoms with E-state index < -0.39 is 0 Å². The van der Waals surface area contributed by atoms with Gasteiger partial charge in [0.15, 0.2) is 9.03 Å². The molecule has 0 bridgehead atoms. The third-order valence-corrected chi connectivity index (χ3v) is 3.33. The van der Waals surface area contributed by atoms with Crippen LogP contribution in [0.5, 0.6) is 0 Å². The predicted molar refractivity (Wildman–Crippen MR) is 88.5 cm³/mol. The van der Waals surface area contributed by atoms with Crippen LogP contribution in [-0.2, 0) is 22.3 Å². The van der Waals surface area contributed by atoms with Crippen LogP contribution in [0.2, 0.25) is 0 Å². The molecule has 0 amide bonds. The quantitative estimate of drug-likeness (QED) is 0.621. The highest BCUT2D eigenvalue weighted by Gasteiger charge is 2.04. The van der Waals surface area contributed by atoms with Crippen LogP contribution < -0.4 is 0 Å². The molecule has 0 saturated heterocycles. The monoisotopic (exact) mass is 316 g/mol. The van der Waals surface area contributed by atoms with E-state index in [9.17, 15) is 5.11 Å². The summed E-state index contributed by atoms with van der Waals surface area (Å²) in [6, 6.07) is 4.11. The summed E-state index contributed by atoms with van der Waals surface area (Å²) in [6.07, 6.45) is 0.0357. The van der Waals surface area contributed by atoms with Gasteiger partial charge in [0.2, 0.25) is 0 Å². The first-order valence-corrected chi connectivity index (χ1v) is 7.99. The summed E-state index contributed by atoms with van der Waals surface area (Å²) in [5.41, 5.74) is 4.35. The Bertz CT molecular complexity index is 380. The van der Waals surface area contributed by atoms with E-state index in [4.69, 9.17) is 14.2 Å². The average Bonchev–Trinajstić information content (AvgIpc) is 2.33. The Kier molecular flexibility index (Phi) is 10.8. The summed E-state index contributed by atoms with van der Waals surface area (Å²) in [5.74, 6) is 0. The van der Waals surface area contributed by atoms with Gasteiger partial charge in [-0.1, -0.05) is 12.1 Å². The fourth-order valence-electron chi connectivity index (χ4n) is 1.66. The molecule has 0 aliphatic carbocycles. The maximum absolute atomic E-state index is 9.22. The molecule has 1 atom stereocenters. The minimum absolute atomic E-state index is 0.0798. The highest BCUT2D eigenvalue weighted by atomic mass is 31.1. The molecular formula is C16H29O4P. The molecule has 122 valence electrons. The van der Waals surface area contributed by atoms with Gasteiger partial charge in [-0.15, -0.1) is 0 Å². The van der Waals surface area contributed by atoms with E-state index in [1.807, 2.05) is 27.7 Å². The second kappa shape index (κ2) is 11.1. The molecule has 2 N–H and O–H groups in total. The standard InChI is InChI=1S/C13H21O3P.C3H8O/c1-9(2)16-17-15-8-12-5-10(3)13(7-14)11(4)6-12;1-3(2)4/h5-6,9,14,17H,7-8H2,1-4H3;3-4H,1-2H3. The zero-order valence-electron chi connectivity index (χ0n) is 13.9. The van der Waals surface area contributed by atoms with Crippen LogP contribution in [0.1, 0.15) is 49.9 Å². The molecule has 4 nitrogen and oxygen atoms in total. The Balaban J connectivity index is 0.000000885. The summed E-state index contributed by atoms with van der Waals surface area (Å²) >= 11 is 0. The van der Waals surface area contributed by atoms with Crippen molar-refractivity contribution in [1.29, 1.82) is 0 Å². The molecule has 0 aliphatic heterocycles. The molecule has 5 heteroatoms. The van der Waals surface area contributed by atoms with Crippen LogP contribution in [-0.4, -0.2) is 22.4 Å². The molecule has 0 aliphatic rings. The van der Waals surface area contributed by atoms with Crippen molar-refractivity contribution in [3.63, 3.8) is 0 Å². The second-order valence-electron chi connectivity index (χ2n) is 5.50. The van der Waals surface area contributed by atoms with Crippen molar-refractivity contribution in [2.75, 3.05) is 0 Å². The fourth-order valence-corrected chi connectivity index (χ4v) is 2.14. The first-order chi connectivity index (χ1) is 9.77. The minimum Gasteiger partial charge on any atom is -0.394 e. The Morgan fingerprint density at radius 3 is 1.95 bits per heavy atom. The second-order valence-corrected chi connectivity index (χ2v) is 6.19. The zero-order valence-corrected chi connectivity index (χ0v) is 14.9. The zero-order chi connectivity index (χ0) is 16.4. The SMILES string of the molecule is CC(C)O.Cc1cc(COPOC(C)C)cc(C)c1CO. The third-order valence-electron chi connectivity index (χ3n) is 2.50. The molecule has 1 unspecified atom stereocenters. The van der Waals surface area contributed by atoms with Crippen molar-refractivity contribution < 1.29 is 19.3 Å². The van der Waals surface area contributed by atoms with Crippen molar-refractivity contribution >= 4 is 9.03 Å². The van der Waals surface area contributed by atoms with E-state index in [-0.39, 0.29) is 27.8 Å². The van der Waals surface area contributed by atoms with Crippen molar-refractivity contribution in [1.82, 2.24) is 0 Å². The molecule has 1 aromatic rings. The molecule has 0 fully saturated rings. The van der Waals surface area contributed by atoms with Gasteiger partial charge in [-0.05, 0) is 63.8 Å². The lowest BCUT2D eigenvalue weighted by Crippen LogP contribution is -1.98.